The second kappa shape index (κ2) is 19.9. The molecule has 0 heterocycles. The van der Waals surface area contributed by atoms with Gasteiger partial charge in [0.05, 0.1) is 0 Å². The zero-order valence-corrected chi connectivity index (χ0v) is 22.6. The molecule has 1 nitrogen and oxygen atoms in total. The van der Waals surface area contributed by atoms with Crippen LogP contribution in [0.3, 0.4) is 0 Å². The summed E-state index contributed by atoms with van der Waals surface area (Å²) in [7, 11) is 4.34. The lowest BCUT2D eigenvalue weighted by Gasteiger charge is -2.23. The maximum atomic E-state index is 4.41. The molecule has 0 amide bonds. The quantitative estimate of drug-likeness (QED) is 0.125. The van der Waals surface area contributed by atoms with Gasteiger partial charge in [-0.05, 0) is 83.8 Å². The van der Waals surface area contributed by atoms with Crippen molar-refractivity contribution in [3.05, 3.63) is 24.3 Å². The normalized spacial score (nSPS) is 15.9. The van der Waals surface area contributed by atoms with E-state index >= 15 is 0 Å². The van der Waals surface area contributed by atoms with Crippen LogP contribution in [0.15, 0.2) is 24.3 Å². The Labute approximate surface area is 203 Å². The van der Waals surface area contributed by atoms with Crippen molar-refractivity contribution in [1.29, 1.82) is 0 Å². The molecule has 0 spiro atoms. The lowest BCUT2D eigenvalue weighted by Crippen LogP contribution is -2.12. The molecule has 0 N–H and O–H groups in total. The van der Waals surface area contributed by atoms with Gasteiger partial charge in [0.2, 0.25) is 0 Å². The molecule has 0 radical (unpaired) electrons. The van der Waals surface area contributed by atoms with Crippen LogP contribution in [0.5, 0.6) is 0 Å². The van der Waals surface area contributed by atoms with E-state index < -0.39 is 0 Å². The maximum absolute atomic E-state index is 4.41. The van der Waals surface area contributed by atoms with Gasteiger partial charge in [-0.25, -0.2) is 0 Å². The Bertz CT molecular complexity index is 457. The van der Waals surface area contributed by atoms with E-state index in [-0.39, 0.29) is 0 Å². The standard InChI is InChI=1S/C31H59N/c1-6-20-30(27-28(2)21-18-19-26-32(4)5)23-15-12-10-8-7-9-11-14-22-29(3)31-24-16-13-17-25-31/h30-31H,2-3,6-27H2,1,4-5H3. The number of hydrogen-bond acceptors (Lipinski definition) is 1. The van der Waals surface area contributed by atoms with Gasteiger partial charge in [0.1, 0.15) is 0 Å². The van der Waals surface area contributed by atoms with Gasteiger partial charge in [0, 0.05) is 0 Å². The summed E-state index contributed by atoms with van der Waals surface area (Å²) in [5, 5.41) is 0. The summed E-state index contributed by atoms with van der Waals surface area (Å²) in [4.78, 5) is 2.29. The van der Waals surface area contributed by atoms with Gasteiger partial charge in [-0.15, -0.1) is 0 Å². The molecule has 0 bridgehead atoms. The molecule has 1 aliphatic carbocycles. The van der Waals surface area contributed by atoms with Crippen molar-refractivity contribution in [2.75, 3.05) is 20.6 Å². The third-order valence-electron chi connectivity index (χ3n) is 7.70. The minimum Gasteiger partial charge on any atom is -0.309 e. The summed E-state index contributed by atoms with van der Waals surface area (Å²) in [6.45, 7) is 12.4. The molecule has 1 rings (SSSR count). The summed E-state index contributed by atoms with van der Waals surface area (Å²) in [6.07, 6.45) is 29.2. The third-order valence-corrected chi connectivity index (χ3v) is 7.70. The van der Waals surface area contributed by atoms with Crippen molar-refractivity contribution in [2.45, 2.75) is 142 Å². The second-order valence-electron chi connectivity index (χ2n) is 11.2. The molecule has 1 fully saturated rings. The molecule has 0 aromatic rings. The van der Waals surface area contributed by atoms with Crippen LogP contribution < -0.4 is 0 Å². The molecule has 188 valence electrons. The Balaban J connectivity index is 1.96. The molecular formula is C31H59N. The Morgan fingerprint density at radius 3 is 1.97 bits per heavy atom. The fraction of sp³-hybridized carbons (Fsp3) is 0.871. The molecule has 1 atom stereocenters. The summed E-state index contributed by atoms with van der Waals surface area (Å²) in [5.74, 6) is 1.75. The summed E-state index contributed by atoms with van der Waals surface area (Å²) in [6, 6.07) is 0. The number of rotatable bonds is 21. The summed E-state index contributed by atoms with van der Waals surface area (Å²) in [5.41, 5.74) is 3.08. The Morgan fingerprint density at radius 1 is 0.750 bits per heavy atom. The van der Waals surface area contributed by atoms with Crippen LogP contribution in [0.1, 0.15) is 142 Å². The first kappa shape index (κ1) is 29.5. The van der Waals surface area contributed by atoms with Crippen molar-refractivity contribution < 1.29 is 0 Å². The topological polar surface area (TPSA) is 3.24 Å². The first-order valence-corrected chi connectivity index (χ1v) is 14.5. The molecule has 1 unspecified atom stereocenters. The first-order valence-electron chi connectivity index (χ1n) is 14.5. The molecule has 0 aromatic heterocycles. The first-order chi connectivity index (χ1) is 15.5. The van der Waals surface area contributed by atoms with Crippen molar-refractivity contribution in [1.82, 2.24) is 4.90 Å². The molecule has 0 aliphatic heterocycles. The predicted molar refractivity (Wildman–Crippen MR) is 146 cm³/mol. The highest BCUT2D eigenvalue weighted by molar-refractivity contribution is 5.01. The van der Waals surface area contributed by atoms with E-state index in [1.54, 1.807) is 5.57 Å². The summed E-state index contributed by atoms with van der Waals surface area (Å²) < 4.78 is 0. The van der Waals surface area contributed by atoms with Crippen LogP contribution in [0, 0.1) is 11.8 Å². The van der Waals surface area contributed by atoms with E-state index in [1.807, 2.05) is 0 Å². The van der Waals surface area contributed by atoms with Gasteiger partial charge in [0.15, 0.2) is 0 Å². The predicted octanol–water partition coefficient (Wildman–Crippen LogP) is 10.1. The fourth-order valence-corrected chi connectivity index (χ4v) is 5.63. The fourth-order valence-electron chi connectivity index (χ4n) is 5.63. The van der Waals surface area contributed by atoms with Gasteiger partial charge in [0.25, 0.3) is 0 Å². The molecule has 1 heteroatoms. The smallest absolute Gasteiger partial charge is 0.00247 e. The van der Waals surface area contributed by atoms with Crippen LogP contribution in [0.25, 0.3) is 0 Å². The molecule has 0 aromatic carbocycles. The lowest BCUT2D eigenvalue weighted by molar-refractivity contribution is 0.388. The van der Waals surface area contributed by atoms with Gasteiger partial charge < -0.3 is 4.90 Å². The Hall–Kier alpha value is -0.560. The average molecular weight is 446 g/mol. The minimum atomic E-state index is 0.862. The molecular weight excluding hydrogens is 386 g/mol. The Kier molecular flexibility index (Phi) is 18.3. The third kappa shape index (κ3) is 16.1. The second-order valence-corrected chi connectivity index (χ2v) is 11.2. The van der Waals surface area contributed by atoms with Crippen LogP contribution in [-0.2, 0) is 0 Å². The zero-order chi connectivity index (χ0) is 23.4. The number of nitrogens with zero attached hydrogens (tertiary/aromatic N) is 1. The number of allylic oxidation sites excluding steroid dienone is 2. The highest BCUT2D eigenvalue weighted by Crippen LogP contribution is 2.31. The van der Waals surface area contributed by atoms with Crippen molar-refractivity contribution in [2.24, 2.45) is 11.8 Å². The van der Waals surface area contributed by atoms with Crippen molar-refractivity contribution in [3.63, 3.8) is 0 Å². The molecule has 1 aliphatic rings. The van der Waals surface area contributed by atoms with Gasteiger partial charge in [-0.1, -0.05) is 115 Å². The molecule has 1 saturated carbocycles. The van der Waals surface area contributed by atoms with Crippen LogP contribution in [-0.4, -0.2) is 25.5 Å². The van der Waals surface area contributed by atoms with Crippen molar-refractivity contribution >= 4 is 0 Å². The van der Waals surface area contributed by atoms with E-state index in [4.69, 9.17) is 0 Å². The van der Waals surface area contributed by atoms with Crippen LogP contribution in [0.2, 0.25) is 0 Å². The maximum Gasteiger partial charge on any atom is -0.00247 e. The highest BCUT2D eigenvalue weighted by Gasteiger charge is 2.15. The SMILES string of the molecule is C=C(CCCCN(C)C)CC(CCC)CCCCCCCCCCC(=C)C1CCCCC1. The average Bonchev–Trinajstić information content (AvgIpc) is 2.78. The molecule has 32 heavy (non-hydrogen) atoms. The van der Waals surface area contributed by atoms with Gasteiger partial charge >= 0.3 is 0 Å². The van der Waals surface area contributed by atoms with Crippen LogP contribution in [0.4, 0.5) is 0 Å². The largest absolute Gasteiger partial charge is 0.309 e. The monoisotopic (exact) mass is 445 g/mol. The van der Waals surface area contributed by atoms with E-state index in [9.17, 15) is 0 Å². The minimum absolute atomic E-state index is 0.862. The van der Waals surface area contributed by atoms with Crippen molar-refractivity contribution in [3.8, 4) is 0 Å². The van der Waals surface area contributed by atoms with Gasteiger partial charge in [-0.3, -0.25) is 0 Å². The van der Waals surface area contributed by atoms with E-state index in [2.05, 4.69) is 39.1 Å². The Morgan fingerprint density at radius 2 is 1.34 bits per heavy atom. The highest BCUT2D eigenvalue weighted by atomic mass is 15.0. The zero-order valence-electron chi connectivity index (χ0n) is 22.6. The van der Waals surface area contributed by atoms with E-state index in [0.717, 1.165) is 11.8 Å². The number of hydrogen-bond donors (Lipinski definition) is 0. The molecule has 0 saturated heterocycles. The van der Waals surface area contributed by atoms with E-state index in [0.29, 0.717) is 0 Å². The van der Waals surface area contributed by atoms with Gasteiger partial charge in [-0.2, -0.15) is 0 Å². The van der Waals surface area contributed by atoms with Crippen LogP contribution >= 0.6 is 0 Å². The summed E-state index contributed by atoms with van der Waals surface area (Å²) >= 11 is 0. The lowest BCUT2D eigenvalue weighted by atomic mass is 9.82. The van der Waals surface area contributed by atoms with E-state index in [1.165, 1.54) is 147 Å². The number of unbranched alkanes of at least 4 members (excludes halogenated alkanes) is 8.